The standard InChI is InChI=1S/C17H32N4/c1-7-11-18-14-12-15(20-16(19-14)13(5)6)21-17(8-2,9-3)10-4/h12-13H,7-11H2,1-6H3,(H2,18,19,20,21). The molecule has 2 N–H and O–H groups in total. The molecule has 0 aliphatic rings. The lowest BCUT2D eigenvalue weighted by atomic mass is 9.90. The van der Waals surface area contributed by atoms with Gasteiger partial charge < -0.3 is 10.6 Å². The Balaban J connectivity index is 3.06. The highest BCUT2D eigenvalue weighted by Gasteiger charge is 2.24. The minimum absolute atomic E-state index is 0.130. The first-order valence-electron chi connectivity index (χ1n) is 8.41. The smallest absolute Gasteiger partial charge is 0.135 e. The summed E-state index contributed by atoms with van der Waals surface area (Å²) < 4.78 is 0. The number of aromatic nitrogens is 2. The van der Waals surface area contributed by atoms with Crippen LogP contribution in [0.4, 0.5) is 11.6 Å². The molecule has 1 heterocycles. The molecule has 0 saturated heterocycles. The number of nitrogens with one attached hydrogen (secondary N) is 2. The molecule has 0 aliphatic carbocycles. The molecule has 0 saturated carbocycles. The van der Waals surface area contributed by atoms with E-state index in [9.17, 15) is 0 Å². The van der Waals surface area contributed by atoms with Gasteiger partial charge in [0, 0.05) is 24.1 Å². The molecule has 0 spiro atoms. The Morgan fingerprint density at radius 1 is 1.00 bits per heavy atom. The van der Waals surface area contributed by atoms with Crippen LogP contribution in [0.15, 0.2) is 6.07 Å². The quantitative estimate of drug-likeness (QED) is 0.686. The van der Waals surface area contributed by atoms with Gasteiger partial charge in [-0.2, -0.15) is 0 Å². The van der Waals surface area contributed by atoms with E-state index < -0.39 is 0 Å². The molecule has 0 aromatic carbocycles. The van der Waals surface area contributed by atoms with Crippen molar-refractivity contribution in [2.45, 2.75) is 78.7 Å². The Bertz CT molecular complexity index is 417. The predicted molar refractivity (Wildman–Crippen MR) is 92.1 cm³/mol. The molecule has 0 amide bonds. The van der Waals surface area contributed by atoms with Crippen molar-refractivity contribution < 1.29 is 0 Å². The Kier molecular flexibility index (Phi) is 6.93. The van der Waals surface area contributed by atoms with Gasteiger partial charge in [-0.3, -0.25) is 0 Å². The summed E-state index contributed by atoms with van der Waals surface area (Å²) in [6.07, 6.45) is 4.38. The second-order valence-corrected chi connectivity index (χ2v) is 6.04. The Morgan fingerprint density at radius 2 is 1.57 bits per heavy atom. The van der Waals surface area contributed by atoms with Gasteiger partial charge in [0.2, 0.25) is 0 Å². The minimum atomic E-state index is 0.130. The Morgan fingerprint density at radius 3 is 2.05 bits per heavy atom. The van der Waals surface area contributed by atoms with Crippen LogP contribution in [-0.4, -0.2) is 22.1 Å². The van der Waals surface area contributed by atoms with Crippen molar-refractivity contribution in [2.75, 3.05) is 17.2 Å². The fourth-order valence-electron chi connectivity index (χ4n) is 2.42. The van der Waals surface area contributed by atoms with Gasteiger partial charge in [-0.25, -0.2) is 9.97 Å². The van der Waals surface area contributed by atoms with Gasteiger partial charge >= 0.3 is 0 Å². The zero-order valence-corrected chi connectivity index (χ0v) is 14.6. The fraction of sp³-hybridized carbons (Fsp3) is 0.765. The molecule has 0 bridgehead atoms. The van der Waals surface area contributed by atoms with E-state index in [1.807, 2.05) is 6.07 Å². The molecule has 1 rings (SSSR count). The lowest BCUT2D eigenvalue weighted by Crippen LogP contribution is -2.36. The maximum atomic E-state index is 4.71. The zero-order chi connectivity index (χ0) is 15.9. The van der Waals surface area contributed by atoms with E-state index in [4.69, 9.17) is 4.98 Å². The lowest BCUT2D eigenvalue weighted by molar-refractivity contribution is 0.418. The molecule has 0 fully saturated rings. The normalized spacial score (nSPS) is 11.8. The van der Waals surface area contributed by atoms with Gasteiger partial charge in [0.1, 0.15) is 17.5 Å². The van der Waals surface area contributed by atoms with Crippen LogP contribution in [0.3, 0.4) is 0 Å². The number of nitrogens with zero attached hydrogens (tertiary/aromatic N) is 2. The SMILES string of the molecule is CCCNc1cc(NC(CC)(CC)CC)nc(C(C)C)n1. The summed E-state index contributed by atoms with van der Waals surface area (Å²) in [6, 6.07) is 2.04. The number of hydrogen-bond acceptors (Lipinski definition) is 4. The van der Waals surface area contributed by atoms with Crippen LogP contribution in [0.2, 0.25) is 0 Å². The van der Waals surface area contributed by atoms with Gasteiger partial charge in [-0.05, 0) is 25.7 Å². The van der Waals surface area contributed by atoms with Gasteiger partial charge in [-0.15, -0.1) is 0 Å². The summed E-state index contributed by atoms with van der Waals surface area (Å²) in [5, 5.41) is 7.04. The van der Waals surface area contributed by atoms with Crippen molar-refractivity contribution in [3.63, 3.8) is 0 Å². The molecule has 1 aromatic rings. The largest absolute Gasteiger partial charge is 0.370 e. The van der Waals surface area contributed by atoms with Crippen molar-refractivity contribution in [1.82, 2.24) is 9.97 Å². The van der Waals surface area contributed by atoms with Gasteiger partial charge in [0.05, 0.1) is 0 Å². The first-order chi connectivity index (χ1) is 10.00. The zero-order valence-electron chi connectivity index (χ0n) is 14.6. The van der Waals surface area contributed by atoms with Crippen molar-refractivity contribution in [2.24, 2.45) is 0 Å². The fourth-order valence-corrected chi connectivity index (χ4v) is 2.42. The molecular formula is C17H32N4. The molecule has 0 unspecified atom stereocenters. The Hall–Kier alpha value is -1.32. The third-order valence-corrected chi connectivity index (χ3v) is 4.24. The molecule has 0 atom stereocenters. The average molecular weight is 292 g/mol. The second kappa shape index (κ2) is 8.20. The molecule has 4 heteroatoms. The summed E-state index contributed by atoms with van der Waals surface area (Å²) in [7, 11) is 0. The van der Waals surface area contributed by atoms with Gasteiger partial charge in [-0.1, -0.05) is 41.5 Å². The van der Waals surface area contributed by atoms with Crippen LogP contribution in [-0.2, 0) is 0 Å². The van der Waals surface area contributed by atoms with E-state index in [2.05, 4.69) is 57.2 Å². The van der Waals surface area contributed by atoms with Crippen LogP contribution in [0.5, 0.6) is 0 Å². The van der Waals surface area contributed by atoms with Crippen molar-refractivity contribution in [3.8, 4) is 0 Å². The predicted octanol–water partition coefficient (Wildman–Crippen LogP) is 4.80. The third kappa shape index (κ3) is 4.87. The van der Waals surface area contributed by atoms with Crippen LogP contribution >= 0.6 is 0 Å². The number of rotatable bonds is 9. The molecule has 120 valence electrons. The number of anilines is 2. The van der Waals surface area contributed by atoms with Crippen LogP contribution < -0.4 is 10.6 Å². The van der Waals surface area contributed by atoms with Crippen molar-refractivity contribution in [1.29, 1.82) is 0 Å². The Labute approximate surface area is 130 Å². The monoisotopic (exact) mass is 292 g/mol. The highest BCUT2D eigenvalue weighted by molar-refractivity contribution is 5.49. The highest BCUT2D eigenvalue weighted by atomic mass is 15.1. The summed E-state index contributed by atoms with van der Waals surface area (Å²) in [6.45, 7) is 14.1. The maximum absolute atomic E-state index is 4.71. The van der Waals surface area contributed by atoms with Crippen molar-refractivity contribution >= 4 is 11.6 Å². The summed E-state index contributed by atoms with van der Waals surface area (Å²) >= 11 is 0. The van der Waals surface area contributed by atoms with E-state index in [0.29, 0.717) is 5.92 Å². The van der Waals surface area contributed by atoms with Crippen LogP contribution in [0.25, 0.3) is 0 Å². The third-order valence-electron chi connectivity index (χ3n) is 4.24. The maximum Gasteiger partial charge on any atom is 0.135 e. The van der Waals surface area contributed by atoms with Crippen LogP contribution in [0, 0.1) is 0 Å². The first kappa shape index (κ1) is 17.7. The molecule has 0 aliphatic heterocycles. The molecule has 21 heavy (non-hydrogen) atoms. The van der Waals surface area contributed by atoms with E-state index in [-0.39, 0.29) is 5.54 Å². The minimum Gasteiger partial charge on any atom is -0.370 e. The second-order valence-electron chi connectivity index (χ2n) is 6.04. The molecule has 0 radical (unpaired) electrons. The van der Waals surface area contributed by atoms with Crippen molar-refractivity contribution in [3.05, 3.63) is 11.9 Å². The van der Waals surface area contributed by atoms with Gasteiger partial charge in [0.25, 0.3) is 0 Å². The first-order valence-corrected chi connectivity index (χ1v) is 8.41. The summed E-state index contributed by atoms with van der Waals surface area (Å²) in [5.41, 5.74) is 0.130. The molecular weight excluding hydrogens is 260 g/mol. The summed E-state index contributed by atoms with van der Waals surface area (Å²) in [4.78, 5) is 9.32. The topological polar surface area (TPSA) is 49.8 Å². The van der Waals surface area contributed by atoms with E-state index >= 15 is 0 Å². The molecule has 1 aromatic heterocycles. The summed E-state index contributed by atoms with van der Waals surface area (Å²) in [5.74, 6) is 3.09. The number of hydrogen-bond donors (Lipinski definition) is 2. The van der Waals surface area contributed by atoms with E-state index in [1.54, 1.807) is 0 Å². The molecule has 4 nitrogen and oxygen atoms in total. The van der Waals surface area contributed by atoms with E-state index in [1.165, 1.54) is 0 Å². The lowest BCUT2D eigenvalue weighted by Gasteiger charge is -2.32. The highest BCUT2D eigenvalue weighted by Crippen LogP contribution is 2.26. The van der Waals surface area contributed by atoms with E-state index in [0.717, 1.165) is 49.7 Å². The average Bonchev–Trinajstić information content (AvgIpc) is 2.50. The van der Waals surface area contributed by atoms with Crippen LogP contribution in [0.1, 0.15) is 79.0 Å². The van der Waals surface area contributed by atoms with Gasteiger partial charge in [0.15, 0.2) is 0 Å².